The average molecular weight is 365 g/mol. The Kier molecular flexibility index (Phi) is 4.81. The maximum atomic E-state index is 12.2. The number of carbonyl (C=O) groups excluding carboxylic acids is 2. The first-order chi connectivity index (χ1) is 10.6. The molecule has 0 aliphatic heterocycles. The van der Waals surface area contributed by atoms with Gasteiger partial charge in [0.05, 0.1) is 12.6 Å². The predicted octanol–water partition coefficient (Wildman–Crippen LogP) is 2.93. The molecule has 4 nitrogen and oxygen atoms in total. The Morgan fingerprint density at radius 3 is 2.36 bits per heavy atom. The monoisotopic (exact) mass is 364 g/mol. The van der Waals surface area contributed by atoms with Crippen LogP contribution in [0.2, 0.25) is 0 Å². The Morgan fingerprint density at radius 1 is 1.14 bits per heavy atom. The molecule has 0 saturated heterocycles. The summed E-state index contributed by atoms with van der Waals surface area (Å²) in [6, 6.07) is 8.16. The molecule has 0 radical (unpaired) electrons. The molecule has 2 aliphatic rings. The molecule has 2 saturated carbocycles. The van der Waals surface area contributed by atoms with E-state index in [0.29, 0.717) is 5.92 Å². The van der Waals surface area contributed by atoms with Crippen molar-refractivity contribution in [1.29, 1.82) is 0 Å². The SMILES string of the molecule is O=C(CNC(=O)C1CC1)N[C@@H](c1ccc(Br)cc1)C1CCC1. The molecule has 1 aromatic carbocycles. The summed E-state index contributed by atoms with van der Waals surface area (Å²) in [7, 11) is 0. The third-order valence-electron chi connectivity index (χ3n) is 4.54. The summed E-state index contributed by atoms with van der Waals surface area (Å²) in [4.78, 5) is 23.8. The van der Waals surface area contributed by atoms with Gasteiger partial charge in [-0.2, -0.15) is 0 Å². The summed E-state index contributed by atoms with van der Waals surface area (Å²) in [5, 5.41) is 5.83. The summed E-state index contributed by atoms with van der Waals surface area (Å²) in [6.45, 7) is 0.0785. The molecular weight excluding hydrogens is 344 g/mol. The first kappa shape index (κ1) is 15.5. The van der Waals surface area contributed by atoms with Crippen LogP contribution in [0.15, 0.2) is 28.7 Å². The molecule has 2 N–H and O–H groups in total. The highest BCUT2D eigenvalue weighted by molar-refractivity contribution is 9.10. The van der Waals surface area contributed by atoms with Gasteiger partial charge in [0.15, 0.2) is 0 Å². The minimum Gasteiger partial charge on any atom is -0.347 e. The Balaban J connectivity index is 1.58. The zero-order valence-electron chi connectivity index (χ0n) is 12.5. The summed E-state index contributed by atoms with van der Waals surface area (Å²) < 4.78 is 1.03. The Labute approximate surface area is 139 Å². The number of benzene rings is 1. The minimum atomic E-state index is -0.103. The van der Waals surface area contributed by atoms with Gasteiger partial charge < -0.3 is 10.6 Å². The van der Waals surface area contributed by atoms with Crippen LogP contribution in [0.4, 0.5) is 0 Å². The first-order valence-corrected chi connectivity index (χ1v) is 8.75. The number of halogens is 1. The van der Waals surface area contributed by atoms with Crippen LogP contribution in [0.25, 0.3) is 0 Å². The van der Waals surface area contributed by atoms with Gasteiger partial charge in [0.25, 0.3) is 0 Å². The fraction of sp³-hybridized carbons (Fsp3) is 0.529. The van der Waals surface area contributed by atoms with Crippen molar-refractivity contribution < 1.29 is 9.59 Å². The van der Waals surface area contributed by atoms with Gasteiger partial charge in [0.1, 0.15) is 0 Å². The Hall–Kier alpha value is -1.36. The quantitative estimate of drug-likeness (QED) is 0.815. The lowest BCUT2D eigenvalue weighted by atomic mass is 9.77. The summed E-state index contributed by atoms with van der Waals surface area (Å²) in [6.07, 6.45) is 5.44. The van der Waals surface area contributed by atoms with E-state index >= 15 is 0 Å². The van der Waals surface area contributed by atoms with E-state index in [4.69, 9.17) is 0 Å². The second kappa shape index (κ2) is 6.82. The summed E-state index contributed by atoms with van der Waals surface area (Å²) in [5.74, 6) is 0.554. The highest BCUT2D eigenvalue weighted by Gasteiger charge is 2.31. The lowest BCUT2D eigenvalue weighted by Crippen LogP contribution is -2.42. The van der Waals surface area contributed by atoms with Crippen molar-refractivity contribution in [3.8, 4) is 0 Å². The van der Waals surface area contributed by atoms with Gasteiger partial charge in [0.2, 0.25) is 11.8 Å². The lowest BCUT2D eigenvalue weighted by Gasteiger charge is -2.34. The van der Waals surface area contributed by atoms with E-state index in [1.807, 2.05) is 12.1 Å². The van der Waals surface area contributed by atoms with Crippen molar-refractivity contribution in [2.24, 2.45) is 11.8 Å². The maximum Gasteiger partial charge on any atom is 0.239 e. The molecule has 0 aromatic heterocycles. The molecule has 3 rings (SSSR count). The molecular formula is C17H21BrN2O2. The van der Waals surface area contributed by atoms with Crippen molar-refractivity contribution in [1.82, 2.24) is 10.6 Å². The van der Waals surface area contributed by atoms with Gasteiger partial charge in [-0.05, 0) is 49.3 Å². The number of carbonyl (C=O) groups is 2. The predicted molar refractivity (Wildman–Crippen MR) is 88.1 cm³/mol. The number of rotatable bonds is 6. The van der Waals surface area contributed by atoms with Crippen LogP contribution >= 0.6 is 15.9 Å². The third kappa shape index (κ3) is 3.88. The summed E-state index contributed by atoms with van der Waals surface area (Å²) >= 11 is 3.44. The van der Waals surface area contributed by atoms with Crippen LogP contribution in [-0.4, -0.2) is 18.4 Å². The lowest BCUT2D eigenvalue weighted by molar-refractivity contribution is -0.127. The van der Waals surface area contributed by atoms with E-state index < -0.39 is 0 Å². The Morgan fingerprint density at radius 2 is 1.82 bits per heavy atom. The van der Waals surface area contributed by atoms with Gasteiger partial charge in [-0.1, -0.05) is 34.5 Å². The van der Waals surface area contributed by atoms with Crippen molar-refractivity contribution in [3.63, 3.8) is 0 Å². The van der Waals surface area contributed by atoms with E-state index in [0.717, 1.165) is 35.7 Å². The molecule has 2 amide bonds. The molecule has 0 unspecified atom stereocenters. The van der Waals surface area contributed by atoms with E-state index in [1.165, 1.54) is 6.42 Å². The standard InChI is InChI=1S/C17H21BrN2O2/c18-14-8-6-12(7-9-14)16(11-2-1-3-11)20-15(21)10-19-17(22)13-4-5-13/h6-9,11,13,16H,1-5,10H2,(H,19,22)(H,20,21)/t16-/m1/s1. The third-order valence-corrected chi connectivity index (χ3v) is 5.07. The topological polar surface area (TPSA) is 58.2 Å². The van der Waals surface area contributed by atoms with Gasteiger partial charge in [-0.15, -0.1) is 0 Å². The molecule has 2 aliphatic carbocycles. The largest absolute Gasteiger partial charge is 0.347 e. The van der Waals surface area contributed by atoms with E-state index in [9.17, 15) is 9.59 Å². The maximum absolute atomic E-state index is 12.2. The van der Waals surface area contributed by atoms with Crippen LogP contribution in [0.3, 0.4) is 0 Å². The van der Waals surface area contributed by atoms with Crippen LogP contribution < -0.4 is 10.6 Å². The van der Waals surface area contributed by atoms with Gasteiger partial charge in [0, 0.05) is 10.4 Å². The number of nitrogens with one attached hydrogen (secondary N) is 2. The first-order valence-electron chi connectivity index (χ1n) is 7.96. The van der Waals surface area contributed by atoms with Crippen LogP contribution in [-0.2, 0) is 9.59 Å². The highest BCUT2D eigenvalue weighted by Crippen LogP contribution is 2.38. The van der Waals surface area contributed by atoms with Gasteiger partial charge >= 0.3 is 0 Å². The van der Waals surface area contributed by atoms with Gasteiger partial charge in [-0.25, -0.2) is 0 Å². The molecule has 2 fully saturated rings. The zero-order valence-corrected chi connectivity index (χ0v) is 14.1. The van der Waals surface area contributed by atoms with Crippen molar-refractivity contribution in [3.05, 3.63) is 34.3 Å². The van der Waals surface area contributed by atoms with Crippen LogP contribution in [0.1, 0.15) is 43.7 Å². The van der Waals surface area contributed by atoms with Crippen LogP contribution in [0.5, 0.6) is 0 Å². The fourth-order valence-corrected chi connectivity index (χ4v) is 3.06. The molecule has 0 heterocycles. The van der Waals surface area contributed by atoms with Crippen molar-refractivity contribution in [2.45, 2.75) is 38.1 Å². The molecule has 1 aromatic rings. The molecule has 0 spiro atoms. The van der Waals surface area contributed by atoms with Gasteiger partial charge in [-0.3, -0.25) is 9.59 Å². The molecule has 118 valence electrons. The van der Waals surface area contributed by atoms with E-state index in [-0.39, 0.29) is 30.3 Å². The minimum absolute atomic E-state index is 0.0129. The zero-order chi connectivity index (χ0) is 15.5. The highest BCUT2D eigenvalue weighted by atomic mass is 79.9. The van der Waals surface area contributed by atoms with Crippen molar-refractivity contribution in [2.75, 3.05) is 6.54 Å². The average Bonchev–Trinajstić information content (AvgIpc) is 3.27. The second-order valence-corrected chi connectivity index (χ2v) is 7.20. The van der Waals surface area contributed by atoms with Crippen LogP contribution in [0, 0.1) is 11.8 Å². The van der Waals surface area contributed by atoms with E-state index in [1.54, 1.807) is 0 Å². The number of hydrogen-bond acceptors (Lipinski definition) is 2. The van der Waals surface area contributed by atoms with Crippen molar-refractivity contribution >= 4 is 27.7 Å². The molecule has 1 atom stereocenters. The second-order valence-electron chi connectivity index (χ2n) is 6.28. The Bertz CT molecular complexity index is 550. The van der Waals surface area contributed by atoms with E-state index in [2.05, 4.69) is 38.7 Å². The number of hydrogen-bond donors (Lipinski definition) is 2. The summed E-state index contributed by atoms with van der Waals surface area (Å²) in [5.41, 5.74) is 1.13. The molecule has 22 heavy (non-hydrogen) atoms. The molecule has 5 heteroatoms. The fourth-order valence-electron chi connectivity index (χ4n) is 2.80. The smallest absolute Gasteiger partial charge is 0.239 e. The number of amides is 2. The molecule has 0 bridgehead atoms. The normalized spacial score (nSPS) is 19.1.